The van der Waals surface area contributed by atoms with Crippen LogP contribution in [0.3, 0.4) is 0 Å². The first-order valence-electron chi connectivity index (χ1n) is 5.69. The molecular formula is C11H12O6. The maximum atomic E-state index is 11.7. The van der Waals surface area contributed by atoms with Crippen molar-refractivity contribution in [3.63, 3.8) is 0 Å². The van der Waals surface area contributed by atoms with Crippen LogP contribution in [0, 0.1) is 23.7 Å². The molecule has 0 aromatic heterocycles. The predicted octanol–water partition coefficient (Wildman–Crippen LogP) is -0.406. The first kappa shape index (κ1) is 10.7. The number of hydrogen-bond donors (Lipinski definition) is 1. The molecule has 0 radical (unpaired) electrons. The number of carbonyl (C=O) groups excluding carboxylic acids is 3. The van der Waals surface area contributed by atoms with E-state index in [1.165, 1.54) is 0 Å². The molecule has 17 heavy (non-hydrogen) atoms. The van der Waals surface area contributed by atoms with Gasteiger partial charge in [0.1, 0.15) is 0 Å². The predicted molar refractivity (Wildman–Crippen MR) is 51.0 cm³/mol. The van der Waals surface area contributed by atoms with Crippen molar-refractivity contribution in [3.05, 3.63) is 0 Å². The number of aliphatic hydroxyl groups excluding tert-OH is 1. The minimum absolute atomic E-state index is 0.0635. The average Bonchev–Trinajstić information content (AvgIpc) is 2.49. The molecule has 2 bridgehead atoms. The van der Waals surface area contributed by atoms with Crippen molar-refractivity contribution in [2.75, 3.05) is 0 Å². The first-order chi connectivity index (χ1) is 8.06. The highest BCUT2D eigenvalue weighted by atomic mass is 16.6. The first-order valence-corrected chi connectivity index (χ1v) is 5.69. The van der Waals surface area contributed by atoms with Crippen LogP contribution in [0.1, 0.15) is 19.3 Å². The SMILES string of the molecule is O=C1CC2CC(C(=O)O1)C1C(=O)OC(O)CC21. The Morgan fingerprint density at radius 2 is 1.88 bits per heavy atom. The quantitative estimate of drug-likeness (QED) is 0.457. The summed E-state index contributed by atoms with van der Waals surface area (Å²) in [7, 11) is 0. The molecule has 0 aromatic carbocycles. The van der Waals surface area contributed by atoms with Gasteiger partial charge in [0.25, 0.3) is 0 Å². The molecule has 2 heterocycles. The zero-order chi connectivity index (χ0) is 12.2. The van der Waals surface area contributed by atoms with Gasteiger partial charge in [-0.3, -0.25) is 14.4 Å². The average molecular weight is 240 g/mol. The number of carbonyl (C=O) groups is 3. The van der Waals surface area contributed by atoms with E-state index in [9.17, 15) is 19.5 Å². The molecule has 5 unspecified atom stereocenters. The summed E-state index contributed by atoms with van der Waals surface area (Å²) in [5.74, 6) is -3.06. The highest BCUT2D eigenvalue weighted by molar-refractivity contribution is 5.92. The number of hydrogen-bond acceptors (Lipinski definition) is 6. The Labute approximate surface area is 96.9 Å². The van der Waals surface area contributed by atoms with Gasteiger partial charge in [-0.25, -0.2) is 0 Å². The van der Waals surface area contributed by atoms with Gasteiger partial charge in [-0.1, -0.05) is 0 Å². The summed E-state index contributed by atoms with van der Waals surface area (Å²) >= 11 is 0. The fourth-order valence-corrected chi connectivity index (χ4v) is 3.33. The maximum Gasteiger partial charge on any atom is 0.317 e. The van der Waals surface area contributed by atoms with E-state index in [2.05, 4.69) is 4.74 Å². The van der Waals surface area contributed by atoms with Gasteiger partial charge in [-0.15, -0.1) is 0 Å². The van der Waals surface area contributed by atoms with E-state index < -0.39 is 36.0 Å². The van der Waals surface area contributed by atoms with E-state index in [-0.39, 0.29) is 18.3 Å². The normalized spacial score (nSPS) is 44.8. The van der Waals surface area contributed by atoms with E-state index in [0.717, 1.165) is 0 Å². The summed E-state index contributed by atoms with van der Waals surface area (Å²) in [5.41, 5.74) is 0. The van der Waals surface area contributed by atoms with Crippen molar-refractivity contribution in [3.8, 4) is 0 Å². The molecule has 1 saturated carbocycles. The largest absolute Gasteiger partial charge is 0.436 e. The van der Waals surface area contributed by atoms with Gasteiger partial charge in [0.15, 0.2) is 0 Å². The van der Waals surface area contributed by atoms with Crippen molar-refractivity contribution in [2.45, 2.75) is 25.6 Å². The lowest BCUT2D eigenvalue weighted by Crippen LogP contribution is -2.42. The molecule has 5 atom stereocenters. The molecular weight excluding hydrogens is 228 g/mol. The maximum absolute atomic E-state index is 11.7. The minimum Gasteiger partial charge on any atom is -0.436 e. The van der Waals surface area contributed by atoms with Crippen molar-refractivity contribution >= 4 is 17.9 Å². The van der Waals surface area contributed by atoms with E-state index in [1.54, 1.807) is 0 Å². The molecule has 0 aromatic rings. The van der Waals surface area contributed by atoms with Gasteiger partial charge >= 0.3 is 17.9 Å². The van der Waals surface area contributed by atoms with E-state index in [0.29, 0.717) is 12.8 Å². The van der Waals surface area contributed by atoms with Crippen LogP contribution < -0.4 is 0 Å². The molecule has 6 nitrogen and oxygen atoms in total. The standard InChI is InChI=1S/C11H12O6/c12-7-2-4-1-6(10(14)16-7)9-5(4)3-8(13)17-11(9)15/h4-6,8-9,13H,1-3H2. The summed E-state index contributed by atoms with van der Waals surface area (Å²) in [6.07, 6.45) is -0.195. The smallest absolute Gasteiger partial charge is 0.317 e. The highest BCUT2D eigenvalue weighted by Crippen LogP contribution is 2.50. The third-order valence-electron chi connectivity index (χ3n) is 4.00. The van der Waals surface area contributed by atoms with Gasteiger partial charge in [-0.2, -0.15) is 0 Å². The van der Waals surface area contributed by atoms with Crippen molar-refractivity contribution in [1.29, 1.82) is 0 Å². The van der Waals surface area contributed by atoms with Gasteiger partial charge in [0.2, 0.25) is 6.29 Å². The summed E-state index contributed by atoms with van der Waals surface area (Å²) < 4.78 is 9.37. The number of aliphatic hydroxyl groups is 1. The molecule has 92 valence electrons. The fourth-order valence-electron chi connectivity index (χ4n) is 3.33. The molecule has 1 aliphatic carbocycles. The third-order valence-corrected chi connectivity index (χ3v) is 4.00. The van der Waals surface area contributed by atoms with Crippen LogP contribution >= 0.6 is 0 Å². The lowest BCUT2D eigenvalue weighted by molar-refractivity contribution is -0.197. The Morgan fingerprint density at radius 1 is 1.12 bits per heavy atom. The van der Waals surface area contributed by atoms with Crippen molar-refractivity contribution in [2.24, 2.45) is 23.7 Å². The van der Waals surface area contributed by atoms with Crippen LogP contribution in [-0.4, -0.2) is 29.3 Å². The van der Waals surface area contributed by atoms with Gasteiger partial charge in [0, 0.05) is 12.8 Å². The lowest BCUT2D eigenvalue weighted by atomic mass is 9.81. The number of rotatable bonds is 0. The minimum atomic E-state index is -1.12. The van der Waals surface area contributed by atoms with Gasteiger partial charge in [-0.05, 0) is 18.3 Å². The van der Waals surface area contributed by atoms with Crippen LogP contribution in [0.2, 0.25) is 0 Å². The number of cyclic esters (lactones) is 3. The Balaban J connectivity index is 1.94. The Bertz CT molecular complexity index is 403. The second-order valence-electron chi connectivity index (χ2n) is 4.92. The molecule has 2 aliphatic heterocycles. The van der Waals surface area contributed by atoms with Crippen molar-refractivity contribution in [1.82, 2.24) is 0 Å². The molecule has 3 rings (SSSR count). The molecule has 0 spiro atoms. The van der Waals surface area contributed by atoms with Crippen LogP contribution in [0.4, 0.5) is 0 Å². The zero-order valence-electron chi connectivity index (χ0n) is 9.00. The zero-order valence-corrected chi connectivity index (χ0v) is 9.00. The lowest BCUT2D eigenvalue weighted by Gasteiger charge is -2.32. The van der Waals surface area contributed by atoms with Crippen LogP contribution in [0.5, 0.6) is 0 Å². The van der Waals surface area contributed by atoms with E-state index in [4.69, 9.17) is 4.74 Å². The molecule has 3 aliphatic rings. The second kappa shape index (κ2) is 3.53. The highest BCUT2D eigenvalue weighted by Gasteiger charge is 2.56. The summed E-state index contributed by atoms with van der Waals surface area (Å²) in [5, 5.41) is 9.40. The Kier molecular flexibility index (Phi) is 2.22. The summed E-state index contributed by atoms with van der Waals surface area (Å²) in [4.78, 5) is 34.6. The van der Waals surface area contributed by atoms with Crippen LogP contribution in [0.15, 0.2) is 0 Å². The summed E-state index contributed by atoms with van der Waals surface area (Å²) in [6, 6.07) is 0. The fraction of sp³-hybridized carbons (Fsp3) is 0.727. The number of esters is 3. The monoisotopic (exact) mass is 240 g/mol. The van der Waals surface area contributed by atoms with E-state index in [1.807, 2.05) is 0 Å². The number of fused-ring (bicyclic) bond motifs is 5. The Morgan fingerprint density at radius 3 is 2.65 bits per heavy atom. The van der Waals surface area contributed by atoms with E-state index >= 15 is 0 Å². The molecule has 2 saturated heterocycles. The van der Waals surface area contributed by atoms with Gasteiger partial charge in [0.05, 0.1) is 11.8 Å². The molecule has 6 heteroatoms. The molecule has 3 fully saturated rings. The van der Waals surface area contributed by atoms with Crippen molar-refractivity contribution < 1.29 is 29.0 Å². The topological polar surface area (TPSA) is 89.9 Å². The Hall–Kier alpha value is -1.43. The second-order valence-corrected chi connectivity index (χ2v) is 4.92. The summed E-state index contributed by atoms with van der Waals surface area (Å²) in [6.45, 7) is 0. The third kappa shape index (κ3) is 1.55. The van der Waals surface area contributed by atoms with Gasteiger partial charge < -0.3 is 14.6 Å². The van der Waals surface area contributed by atoms with Crippen LogP contribution in [0.25, 0.3) is 0 Å². The molecule has 0 amide bonds. The number of ether oxygens (including phenoxy) is 2. The van der Waals surface area contributed by atoms with Crippen LogP contribution in [-0.2, 0) is 23.9 Å². The molecule has 1 N–H and O–H groups in total.